The number of carbonyl (C=O) groups is 1. The number of rotatable bonds is 5. The van der Waals surface area contributed by atoms with Gasteiger partial charge in [-0.2, -0.15) is 0 Å². The van der Waals surface area contributed by atoms with E-state index in [0.717, 1.165) is 18.8 Å². The molecule has 0 bridgehead atoms. The molecule has 0 spiro atoms. The van der Waals surface area contributed by atoms with Crippen LogP contribution in [-0.4, -0.2) is 11.9 Å². The van der Waals surface area contributed by atoms with Gasteiger partial charge in [-0.05, 0) is 31.6 Å². The van der Waals surface area contributed by atoms with Gasteiger partial charge in [0.25, 0.3) is 0 Å². The van der Waals surface area contributed by atoms with Crippen LogP contribution in [-0.2, 0) is 4.79 Å². The summed E-state index contributed by atoms with van der Waals surface area (Å²) in [7, 11) is 0. The van der Waals surface area contributed by atoms with Crippen molar-refractivity contribution < 1.29 is 4.79 Å². The fraction of sp³-hybridized carbons (Fsp3) is 0.923. The molecule has 0 aromatic heterocycles. The quantitative estimate of drug-likeness (QED) is 0.743. The van der Waals surface area contributed by atoms with Gasteiger partial charge in [0.1, 0.15) is 0 Å². The van der Waals surface area contributed by atoms with Crippen LogP contribution < -0.4 is 5.32 Å². The first kappa shape index (κ1) is 12.5. The normalized spacial score (nSPS) is 19.9. The molecule has 0 aromatic rings. The van der Waals surface area contributed by atoms with Crippen molar-refractivity contribution in [1.29, 1.82) is 0 Å². The van der Waals surface area contributed by atoms with Gasteiger partial charge in [-0.25, -0.2) is 0 Å². The highest BCUT2D eigenvalue weighted by atomic mass is 16.1. The van der Waals surface area contributed by atoms with Gasteiger partial charge in [0.2, 0.25) is 5.91 Å². The Labute approximate surface area is 93.8 Å². The Hall–Kier alpha value is -0.530. The maximum atomic E-state index is 11.5. The predicted molar refractivity (Wildman–Crippen MR) is 63.7 cm³/mol. The van der Waals surface area contributed by atoms with Gasteiger partial charge in [-0.3, -0.25) is 4.79 Å². The molecule has 2 heteroatoms. The van der Waals surface area contributed by atoms with Crippen LogP contribution in [0.5, 0.6) is 0 Å². The zero-order valence-electron chi connectivity index (χ0n) is 10.2. The van der Waals surface area contributed by atoms with E-state index in [9.17, 15) is 4.79 Å². The number of hydrogen-bond donors (Lipinski definition) is 1. The molecule has 1 N–H and O–H groups in total. The molecular weight excluding hydrogens is 186 g/mol. The van der Waals surface area contributed by atoms with Crippen molar-refractivity contribution in [2.45, 2.75) is 71.3 Å². The van der Waals surface area contributed by atoms with Crippen molar-refractivity contribution in [3.05, 3.63) is 0 Å². The second-order valence-corrected chi connectivity index (χ2v) is 4.73. The molecule has 2 nitrogen and oxygen atoms in total. The molecule has 0 aromatic carbocycles. The molecule has 1 fully saturated rings. The van der Waals surface area contributed by atoms with Gasteiger partial charge >= 0.3 is 0 Å². The van der Waals surface area contributed by atoms with Crippen LogP contribution in [0.25, 0.3) is 0 Å². The maximum absolute atomic E-state index is 11.5. The first-order valence-corrected chi connectivity index (χ1v) is 6.57. The SMILES string of the molecule is CCCC(=O)NC(CC)C1CCCCC1. The van der Waals surface area contributed by atoms with Gasteiger partial charge in [0.15, 0.2) is 0 Å². The molecule has 0 radical (unpaired) electrons. The predicted octanol–water partition coefficient (Wildman–Crippen LogP) is 3.26. The van der Waals surface area contributed by atoms with E-state index in [1.165, 1.54) is 32.1 Å². The molecule has 1 aliphatic rings. The van der Waals surface area contributed by atoms with Crippen LogP contribution in [0, 0.1) is 5.92 Å². The summed E-state index contributed by atoms with van der Waals surface area (Å²) in [5.41, 5.74) is 0. The summed E-state index contributed by atoms with van der Waals surface area (Å²) in [6.45, 7) is 4.24. The Morgan fingerprint density at radius 1 is 1.27 bits per heavy atom. The van der Waals surface area contributed by atoms with Crippen LogP contribution in [0.1, 0.15) is 65.2 Å². The van der Waals surface area contributed by atoms with Crippen LogP contribution in [0.15, 0.2) is 0 Å². The first-order valence-electron chi connectivity index (χ1n) is 6.57. The van der Waals surface area contributed by atoms with Gasteiger partial charge in [0, 0.05) is 12.5 Å². The van der Waals surface area contributed by atoms with Crippen LogP contribution >= 0.6 is 0 Å². The van der Waals surface area contributed by atoms with Gasteiger partial charge in [-0.15, -0.1) is 0 Å². The van der Waals surface area contributed by atoms with Crippen LogP contribution in [0.4, 0.5) is 0 Å². The van der Waals surface area contributed by atoms with E-state index in [1.54, 1.807) is 0 Å². The highest BCUT2D eigenvalue weighted by Gasteiger charge is 2.23. The number of carbonyl (C=O) groups excluding carboxylic acids is 1. The van der Waals surface area contributed by atoms with E-state index in [-0.39, 0.29) is 5.91 Å². The molecule has 88 valence electrons. The number of hydrogen-bond acceptors (Lipinski definition) is 1. The topological polar surface area (TPSA) is 29.1 Å². The summed E-state index contributed by atoms with van der Waals surface area (Å²) in [5, 5.41) is 3.20. The van der Waals surface area contributed by atoms with Crippen molar-refractivity contribution >= 4 is 5.91 Å². The van der Waals surface area contributed by atoms with Crippen molar-refractivity contribution in [3.63, 3.8) is 0 Å². The molecule has 15 heavy (non-hydrogen) atoms. The number of amides is 1. The van der Waals surface area contributed by atoms with E-state index in [1.807, 2.05) is 0 Å². The van der Waals surface area contributed by atoms with E-state index < -0.39 is 0 Å². The molecule has 1 saturated carbocycles. The molecule has 0 saturated heterocycles. The molecule has 1 aliphatic carbocycles. The van der Waals surface area contributed by atoms with Crippen molar-refractivity contribution in [1.82, 2.24) is 5.32 Å². The lowest BCUT2D eigenvalue weighted by Gasteiger charge is -2.30. The Morgan fingerprint density at radius 3 is 2.47 bits per heavy atom. The average Bonchev–Trinajstić information content (AvgIpc) is 2.27. The lowest BCUT2D eigenvalue weighted by molar-refractivity contribution is -0.122. The zero-order valence-corrected chi connectivity index (χ0v) is 10.2. The monoisotopic (exact) mass is 211 g/mol. The minimum Gasteiger partial charge on any atom is -0.353 e. The largest absolute Gasteiger partial charge is 0.353 e. The standard InChI is InChI=1S/C13H25NO/c1-3-8-13(15)14-12(4-2)11-9-6-5-7-10-11/h11-12H,3-10H2,1-2H3,(H,14,15). The molecule has 1 amide bonds. The van der Waals surface area contributed by atoms with Crippen LogP contribution in [0.2, 0.25) is 0 Å². The minimum absolute atomic E-state index is 0.245. The molecule has 1 rings (SSSR count). The highest BCUT2D eigenvalue weighted by Crippen LogP contribution is 2.27. The fourth-order valence-corrected chi connectivity index (χ4v) is 2.60. The Kier molecular flexibility index (Phi) is 5.74. The maximum Gasteiger partial charge on any atom is 0.220 e. The van der Waals surface area contributed by atoms with Crippen molar-refractivity contribution in [2.75, 3.05) is 0 Å². The lowest BCUT2D eigenvalue weighted by Crippen LogP contribution is -2.40. The lowest BCUT2D eigenvalue weighted by atomic mass is 9.83. The second kappa shape index (κ2) is 6.86. The molecule has 1 atom stereocenters. The molecule has 0 heterocycles. The third-order valence-electron chi connectivity index (χ3n) is 3.48. The van der Waals surface area contributed by atoms with Gasteiger partial charge in [0.05, 0.1) is 0 Å². The average molecular weight is 211 g/mol. The highest BCUT2D eigenvalue weighted by molar-refractivity contribution is 5.76. The summed E-state index contributed by atoms with van der Waals surface area (Å²) >= 11 is 0. The summed E-state index contributed by atoms with van der Waals surface area (Å²) in [6, 6.07) is 0.435. The molecule has 1 unspecified atom stereocenters. The van der Waals surface area contributed by atoms with Crippen molar-refractivity contribution in [3.8, 4) is 0 Å². The van der Waals surface area contributed by atoms with Gasteiger partial charge in [-0.1, -0.05) is 33.1 Å². The Bertz CT molecular complexity index is 185. The summed E-state index contributed by atoms with van der Waals surface area (Å²) in [6.07, 6.45) is 9.43. The van der Waals surface area contributed by atoms with E-state index in [0.29, 0.717) is 12.5 Å². The van der Waals surface area contributed by atoms with Crippen molar-refractivity contribution in [2.24, 2.45) is 5.92 Å². The van der Waals surface area contributed by atoms with E-state index in [2.05, 4.69) is 19.2 Å². The first-order chi connectivity index (χ1) is 7.27. The third-order valence-corrected chi connectivity index (χ3v) is 3.48. The second-order valence-electron chi connectivity index (χ2n) is 4.73. The minimum atomic E-state index is 0.245. The summed E-state index contributed by atoms with van der Waals surface area (Å²) in [5.74, 6) is 0.986. The Balaban J connectivity index is 2.36. The van der Waals surface area contributed by atoms with E-state index >= 15 is 0 Å². The van der Waals surface area contributed by atoms with Crippen LogP contribution in [0.3, 0.4) is 0 Å². The Morgan fingerprint density at radius 2 is 1.93 bits per heavy atom. The molecular formula is C13H25NO. The number of nitrogens with one attached hydrogen (secondary N) is 1. The fourth-order valence-electron chi connectivity index (χ4n) is 2.60. The third kappa shape index (κ3) is 4.23. The zero-order chi connectivity index (χ0) is 11.1. The van der Waals surface area contributed by atoms with E-state index in [4.69, 9.17) is 0 Å². The summed E-state index contributed by atoms with van der Waals surface area (Å²) in [4.78, 5) is 11.5. The summed E-state index contributed by atoms with van der Waals surface area (Å²) < 4.78 is 0. The molecule has 0 aliphatic heterocycles. The smallest absolute Gasteiger partial charge is 0.220 e. The van der Waals surface area contributed by atoms with Gasteiger partial charge < -0.3 is 5.32 Å².